The fourth-order valence-corrected chi connectivity index (χ4v) is 2.42. The number of ether oxygens (including phenoxy) is 1. The van der Waals surface area contributed by atoms with Crippen molar-refractivity contribution in [1.82, 2.24) is 14.5 Å². The number of aryl methyl sites for hydroxylation is 1. The lowest BCUT2D eigenvalue weighted by Gasteiger charge is -2.07. The van der Waals surface area contributed by atoms with Crippen molar-refractivity contribution in [2.45, 2.75) is 13.5 Å². The third-order valence-corrected chi connectivity index (χ3v) is 3.26. The summed E-state index contributed by atoms with van der Waals surface area (Å²) in [6.45, 7) is -0.896. The van der Waals surface area contributed by atoms with Gasteiger partial charge in [0.05, 0.1) is 11.2 Å². The predicted molar refractivity (Wildman–Crippen MR) is 77.6 cm³/mol. The highest BCUT2D eigenvalue weighted by atomic mass is 32.1. The Bertz CT molecular complexity index is 840. The van der Waals surface area contributed by atoms with Gasteiger partial charge in [0, 0.05) is 6.20 Å². The van der Waals surface area contributed by atoms with Crippen LogP contribution in [0.3, 0.4) is 0 Å². The summed E-state index contributed by atoms with van der Waals surface area (Å²) in [6, 6.07) is 8.19. The molecule has 0 bridgehead atoms. The normalized spacial score (nSPS) is 11.2. The monoisotopic (exact) mass is 307 g/mol. The van der Waals surface area contributed by atoms with Crippen LogP contribution in [0.2, 0.25) is 0 Å². The van der Waals surface area contributed by atoms with Crippen LogP contribution in [0.1, 0.15) is 5.56 Å². The maximum absolute atomic E-state index is 12.1. The molecule has 0 unspecified atom stereocenters. The molecule has 0 radical (unpaired) electrons. The van der Waals surface area contributed by atoms with Crippen LogP contribution < -0.4 is 4.74 Å². The highest BCUT2D eigenvalue weighted by Crippen LogP contribution is 2.21. The lowest BCUT2D eigenvalue weighted by atomic mass is 10.3. The molecule has 21 heavy (non-hydrogen) atoms. The van der Waals surface area contributed by atoms with E-state index in [4.69, 9.17) is 12.2 Å². The summed E-state index contributed by atoms with van der Waals surface area (Å²) < 4.78 is 30.9. The number of hydrogen-bond donors (Lipinski definition) is 1. The van der Waals surface area contributed by atoms with Gasteiger partial charge in [-0.1, -0.05) is 0 Å². The SMILES string of the molecule is Cc1cnc2c(c1)[nH]c(=S)n2-c1ccc(OC(F)F)cc1. The summed E-state index contributed by atoms with van der Waals surface area (Å²) in [7, 11) is 0. The molecule has 3 aromatic rings. The van der Waals surface area contributed by atoms with Gasteiger partial charge in [-0.2, -0.15) is 8.78 Å². The van der Waals surface area contributed by atoms with Gasteiger partial charge in [-0.25, -0.2) is 4.98 Å². The predicted octanol–water partition coefficient (Wildman–Crippen LogP) is 3.99. The molecule has 2 heterocycles. The highest BCUT2D eigenvalue weighted by molar-refractivity contribution is 7.71. The molecular weight excluding hydrogens is 296 g/mol. The molecule has 0 saturated carbocycles. The number of benzene rings is 1. The van der Waals surface area contributed by atoms with E-state index >= 15 is 0 Å². The molecular formula is C14H11F2N3OS. The molecule has 0 atom stereocenters. The number of pyridine rings is 1. The molecule has 0 aliphatic carbocycles. The maximum Gasteiger partial charge on any atom is 0.387 e. The first-order chi connectivity index (χ1) is 10.0. The number of hydrogen-bond acceptors (Lipinski definition) is 3. The second kappa shape index (κ2) is 5.25. The van der Waals surface area contributed by atoms with Crippen molar-refractivity contribution in [3.05, 3.63) is 46.9 Å². The van der Waals surface area contributed by atoms with E-state index in [2.05, 4.69) is 14.7 Å². The number of halogens is 2. The lowest BCUT2D eigenvalue weighted by molar-refractivity contribution is -0.0498. The van der Waals surface area contributed by atoms with Gasteiger partial charge < -0.3 is 9.72 Å². The minimum atomic E-state index is -2.84. The number of nitrogens with one attached hydrogen (secondary N) is 1. The van der Waals surface area contributed by atoms with Gasteiger partial charge in [-0.3, -0.25) is 4.57 Å². The standard InChI is InChI=1S/C14H11F2N3OS/c1-8-6-11-12(17-7-8)19(14(21)18-11)9-2-4-10(5-3-9)20-13(15)16/h2-7,13H,1H3,(H,18,21). The number of aromatic amines is 1. The first-order valence-corrected chi connectivity index (χ1v) is 6.58. The average molecular weight is 307 g/mol. The van der Waals surface area contributed by atoms with Crippen molar-refractivity contribution in [2.24, 2.45) is 0 Å². The van der Waals surface area contributed by atoms with Gasteiger partial charge in [-0.15, -0.1) is 0 Å². The van der Waals surface area contributed by atoms with Crippen molar-refractivity contribution < 1.29 is 13.5 Å². The van der Waals surface area contributed by atoms with Crippen LogP contribution in [-0.4, -0.2) is 21.1 Å². The molecule has 0 fully saturated rings. The van der Waals surface area contributed by atoms with E-state index in [9.17, 15) is 8.78 Å². The van der Waals surface area contributed by atoms with Crippen molar-refractivity contribution in [2.75, 3.05) is 0 Å². The van der Waals surface area contributed by atoms with Crippen molar-refractivity contribution in [1.29, 1.82) is 0 Å². The summed E-state index contributed by atoms with van der Waals surface area (Å²) >= 11 is 5.30. The van der Waals surface area contributed by atoms with Crippen LogP contribution >= 0.6 is 12.2 Å². The Morgan fingerprint density at radius 2 is 2.00 bits per heavy atom. The fourth-order valence-electron chi connectivity index (χ4n) is 2.12. The topological polar surface area (TPSA) is 42.8 Å². The van der Waals surface area contributed by atoms with Crippen molar-refractivity contribution >= 4 is 23.4 Å². The molecule has 2 aromatic heterocycles. The zero-order chi connectivity index (χ0) is 15.0. The van der Waals surface area contributed by atoms with Gasteiger partial charge >= 0.3 is 6.61 Å². The first kappa shape index (κ1) is 13.7. The molecule has 7 heteroatoms. The largest absolute Gasteiger partial charge is 0.435 e. The summed E-state index contributed by atoms with van der Waals surface area (Å²) in [5, 5.41) is 0. The van der Waals surface area contributed by atoms with Gasteiger partial charge in [0.2, 0.25) is 0 Å². The second-order valence-corrected chi connectivity index (χ2v) is 4.91. The Labute approximate surface area is 124 Å². The zero-order valence-electron chi connectivity index (χ0n) is 11.0. The Morgan fingerprint density at radius 3 is 2.67 bits per heavy atom. The number of fused-ring (bicyclic) bond motifs is 1. The quantitative estimate of drug-likeness (QED) is 0.744. The zero-order valence-corrected chi connectivity index (χ0v) is 11.8. The number of alkyl halides is 2. The molecule has 1 N–H and O–H groups in total. The van der Waals surface area contributed by atoms with Gasteiger partial charge in [0.15, 0.2) is 10.4 Å². The van der Waals surface area contributed by atoms with E-state index < -0.39 is 6.61 Å². The third-order valence-electron chi connectivity index (χ3n) is 2.98. The van der Waals surface area contributed by atoms with Crippen LogP contribution in [-0.2, 0) is 0 Å². The van der Waals surface area contributed by atoms with E-state index in [1.807, 2.05) is 13.0 Å². The van der Waals surface area contributed by atoms with Gasteiger partial charge in [0.1, 0.15) is 5.75 Å². The van der Waals surface area contributed by atoms with Gasteiger partial charge in [-0.05, 0) is 55.0 Å². The van der Waals surface area contributed by atoms with E-state index in [-0.39, 0.29) is 5.75 Å². The van der Waals surface area contributed by atoms with Crippen LogP contribution in [0.15, 0.2) is 36.5 Å². The molecule has 0 amide bonds. The molecule has 4 nitrogen and oxygen atoms in total. The van der Waals surface area contributed by atoms with Crippen molar-refractivity contribution in [3.63, 3.8) is 0 Å². The number of rotatable bonds is 3. The fraction of sp³-hybridized carbons (Fsp3) is 0.143. The van der Waals surface area contributed by atoms with Gasteiger partial charge in [0.25, 0.3) is 0 Å². The maximum atomic E-state index is 12.1. The van der Waals surface area contributed by atoms with Crippen LogP contribution in [0, 0.1) is 11.7 Å². The average Bonchev–Trinajstić information content (AvgIpc) is 2.74. The summed E-state index contributed by atoms with van der Waals surface area (Å²) in [6.07, 6.45) is 1.75. The van der Waals surface area contributed by atoms with E-state index in [1.165, 1.54) is 12.1 Å². The summed E-state index contributed by atoms with van der Waals surface area (Å²) in [5.74, 6) is 0.101. The molecule has 1 aromatic carbocycles. The highest BCUT2D eigenvalue weighted by Gasteiger charge is 2.09. The first-order valence-electron chi connectivity index (χ1n) is 6.17. The second-order valence-electron chi connectivity index (χ2n) is 4.52. The van der Waals surface area contributed by atoms with E-state index in [1.54, 1.807) is 22.9 Å². The molecule has 3 rings (SSSR count). The summed E-state index contributed by atoms with van der Waals surface area (Å²) in [5.41, 5.74) is 3.26. The molecule has 0 aliphatic rings. The third kappa shape index (κ3) is 2.64. The van der Waals surface area contributed by atoms with Crippen LogP contribution in [0.5, 0.6) is 5.75 Å². The molecule has 0 aliphatic heterocycles. The van der Waals surface area contributed by atoms with Crippen LogP contribution in [0.25, 0.3) is 16.9 Å². The van der Waals surface area contributed by atoms with Crippen LogP contribution in [0.4, 0.5) is 8.78 Å². The Kier molecular flexibility index (Phi) is 3.42. The minimum absolute atomic E-state index is 0.101. The lowest BCUT2D eigenvalue weighted by Crippen LogP contribution is -2.02. The Hall–Kier alpha value is -2.28. The molecule has 0 spiro atoms. The Balaban J connectivity index is 2.08. The Morgan fingerprint density at radius 1 is 1.29 bits per heavy atom. The minimum Gasteiger partial charge on any atom is -0.435 e. The number of nitrogens with zero attached hydrogens (tertiary/aromatic N) is 2. The van der Waals surface area contributed by atoms with E-state index in [0.717, 1.165) is 16.8 Å². The number of H-pyrrole nitrogens is 1. The van der Waals surface area contributed by atoms with Crippen molar-refractivity contribution in [3.8, 4) is 11.4 Å². The smallest absolute Gasteiger partial charge is 0.387 e. The van der Waals surface area contributed by atoms with E-state index in [0.29, 0.717) is 10.4 Å². The number of imidazole rings is 1. The number of aromatic nitrogens is 3. The summed E-state index contributed by atoms with van der Waals surface area (Å²) in [4.78, 5) is 7.44. The molecule has 0 saturated heterocycles. The molecule has 108 valence electrons.